The van der Waals surface area contributed by atoms with Crippen LogP contribution in [0.25, 0.3) is 0 Å². The zero-order valence-corrected chi connectivity index (χ0v) is 10.8. The number of nitrogens with one attached hydrogen (secondary N) is 1. The lowest BCUT2D eigenvalue weighted by Crippen LogP contribution is -2.04. The first-order valence-corrected chi connectivity index (χ1v) is 6.27. The molecule has 2 aromatic rings. The molecule has 0 fully saturated rings. The third-order valence-corrected chi connectivity index (χ3v) is 3.09. The summed E-state index contributed by atoms with van der Waals surface area (Å²) in [5, 5.41) is 3.17. The second-order valence-electron chi connectivity index (χ2n) is 4.46. The van der Waals surface area contributed by atoms with E-state index in [1.165, 1.54) is 17.2 Å². The number of rotatable bonds is 4. The molecule has 0 aromatic heterocycles. The predicted molar refractivity (Wildman–Crippen MR) is 74.3 cm³/mol. The molecule has 0 aliphatic carbocycles. The van der Waals surface area contributed by atoms with E-state index in [1.54, 1.807) is 6.07 Å². The zero-order chi connectivity index (χ0) is 13.0. The Labute approximate surface area is 108 Å². The van der Waals surface area contributed by atoms with Gasteiger partial charge in [-0.2, -0.15) is 0 Å². The third-order valence-electron chi connectivity index (χ3n) is 3.09. The molecule has 18 heavy (non-hydrogen) atoms. The standard InChI is InChI=1S/C16H18FN/c1-3-13-6-4-5-7-14(13)11-18-16-10-12(2)8-9-15(16)17/h4-10,18H,3,11H2,1-2H3. The van der Waals surface area contributed by atoms with Gasteiger partial charge in [0.15, 0.2) is 0 Å². The van der Waals surface area contributed by atoms with Gasteiger partial charge in [-0.05, 0) is 42.2 Å². The van der Waals surface area contributed by atoms with Crippen LogP contribution >= 0.6 is 0 Å². The van der Waals surface area contributed by atoms with Crippen LogP contribution in [-0.2, 0) is 13.0 Å². The monoisotopic (exact) mass is 243 g/mol. The molecule has 0 atom stereocenters. The quantitative estimate of drug-likeness (QED) is 0.843. The maximum Gasteiger partial charge on any atom is 0.146 e. The van der Waals surface area contributed by atoms with Crippen molar-refractivity contribution in [2.24, 2.45) is 0 Å². The number of benzene rings is 2. The summed E-state index contributed by atoms with van der Waals surface area (Å²) in [6.45, 7) is 4.75. The second kappa shape index (κ2) is 5.67. The number of aryl methyl sites for hydroxylation is 2. The predicted octanol–water partition coefficient (Wildman–Crippen LogP) is 4.31. The smallest absolute Gasteiger partial charge is 0.146 e. The summed E-state index contributed by atoms with van der Waals surface area (Å²) in [6.07, 6.45) is 0.994. The highest BCUT2D eigenvalue weighted by molar-refractivity contribution is 5.48. The molecule has 1 nitrogen and oxygen atoms in total. The van der Waals surface area contributed by atoms with E-state index in [9.17, 15) is 4.39 Å². The normalized spacial score (nSPS) is 10.4. The molecule has 2 rings (SSSR count). The highest BCUT2D eigenvalue weighted by atomic mass is 19.1. The minimum Gasteiger partial charge on any atom is -0.379 e. The van der Waals surface area contributed by atoms with Crippen LogP contribution in [0.15, 0.2) is 42.5 Å². The first-order chi connectivity index (χ1) is 8.70. The number of anilines is 1. The van der Waals surface area contributed by atoms with Gasteiger partial charge in [0.1, 0.15) is 5.82 Å². The summed E-state index contributed by atoms with van der Waals surface area (Å²) in [6, 6.07) is 13.4. The van der Waals surface area contributed by atoms with Gasteiger partial charge in [-0.3, -0.25) is 0 Å². The third kappa shape index (κ3) is 2.89. The van der Waals surface area contributed by atoms with Gasteiger partial charge in [0.25, 0.3) is 0 Å². The molecule has 0 spiro atoms. The SMILES string of the molecule is CCc1ccccc1CNc1cc(C)ccc1F. The van der Waals surface area contributed by atoms with Crippen LogP contribution in [0.4, 0.5) is 10.1 Å². The van der Waals surface area contributed by atoms with Gasteiger partial charge in [0.05, 0.1) is 5.69 Å². The lowest BCUT2D eigenvalue weighted by Gasteiger charge is -2.11. The summed E-state index contributed by atoms with van der Waals surface area (Å²) in [5.74, 6) is -0.199. The van der Waals surface area contributed by atoms with Gasteiger partial charge in [-0.25, -0.2) is 4.39 Å². The van der Waals surface area contributed by atoms with E-state index in [2.05, 4.69) is 24.4 Å². The minimum absolute atomic E-state index is 0.199. The van der Waals surface area contributed by atoms with Crippen molar-refractivity contribution in [3.8, 4) is 0 Å². The van der Waals surface area contributed by atoms with Gasteiger partial charge in [-0.15, -0.1) is 0 Å². The Kier molecular flexibility index (Phi) is 3.98. The van der Waals surface area contributed by atoms with Gasteiger partial charge >= 0.3 is 0 Å². The molecule has 2 aromatic carbocycles. The van der Waals surface area contributed by atoms with Crippen molar-refractivity contribution in [1.82, 2.24) is 0 Å². The van der Waals surface area contributed by atoms with E-state index in [4.69, 9.17) is 0 Å². The molecular formula is C16H18FN. The van der Waals surface area contributed by atoms with Crippen LogP contribution in [0, 0.1) is 12.7 Å². The Morgan fingerprint density at radius 1 is 1.06 bits per heavy atom. The molecular weight excluding hydrogens is 225 g/mol. The average Bonchev–Trinajstić information content (AvgIpc) is 2.40. The van der Waals surface area contributed by atoms with Crippen molar-refractivity contribution >= 4 is 5.69 Å². The second-order valence-corrected chi connectivity index (χ2v) is 4.46. The molecule has 0 amide bonds. The summed E-state index contributed by atoms with van der Waals surface area (Å²) >= 11 is 0. The number of halogens is 1. The molecule has 0 saturated heterocycles. The lowest BCUT2D eigenvalue weighted by atomic mass is 10.1. The number of hydrogen-bond acceptors (Lipinski definition) is 1. The van der Waals surface area contributed by atoms with Crippen molar-refractivity contribution in [1.29, 1.82) is 0 Å². The first kappa shape index (κ1) is 12.6. The Bertz CT molecular complexity index is 534. The van der Waals surface area contributed by atoms with Gasteiger partial charge in [-0.1, -0.05) is 37.3 Å². The zero-order valence-electron chi connectivity index (χ0n) is 10.8. The van der Waals surface area contributed by atoms with Gasteiger partial charge in [0, 0.05) is 6.54 Å². The van der Waals surface area contributed by atoms with Crippen LogP contribution in [0.5, 0.6) is 0 Å². The van der Waals surface area contributed by atoms with E-state index in [0.29, 0.717) is 12.2 Å². The topological polar surface area (TPSA) is 12.0 Å². The molecule has 0 aliphatic rings. The molecule has 0 aliphatic heterocycles. The molecule has 0 saturated carbocycles. The van der Waals surface area contributed by atoms with Crippen LogP contribution in [-0.4, -0.2) is 0 Å². The highest BCUT2D eigenvalue weighted by Gasteiger charge is 2.03. The lowest BCUT2D eigenvalue weighted by molar-refractivity contribution is 0.629. The molecule has 1 N–H and O–H groups in total. The summed E-state index contributed by atoms with van der Waals surface area (Å²) in [7, 11) is 0. The maximum atomic E-state index is 13.6. The van der Waals surface area contributed by atoms with Gasteiger partial charge in [0.2, 0.25) is 0 Å². The first-order valence-electron chi connectivity index (χ1n) is 6.27. The van der Waals surface area contributed by atoms with Crippen LogP contribution in [0.1, 0.15) is 23.6 Å². The van der Waals surface area contributed by atoms with Crippen molar-refractivity contribution < 1.29 is 4.39 Å². The van der Waals surface area contributed by atoms with Crippen LogP contribution in [0.2, 0.25) is 0 Å². The van der Waals surface area contributed by atoms with E-state index < -0.39 is 0 Å². The number of hydrogen-bond donors (Lipinski definition) is 1. The molecule has 0 unspecified atom stereocenters. The van der Waals surface area contributed by atoms with Gasteiger partial charge < -0.3 is 5.32 Å². The Hall–Kier alpha value is -1.83. The van der Waals surface area contributed by atoms with Crippen LogP contribution in [0.3, 0.4) is 0 Å². The summed E-state index contributed by atoms with van der Waals surface area (Å²) in [4.78, 5) is 0. The molecule has 0 heterocycles. The largest absolute Gasteiger partial charge is 0.379 e. The van der Waals surface area contributed by atoms with E-state index in [-0.39, 0.29) is 5.82 Å². The van der Waals surface area contributed by atoms with Crippen molar-refractivity contribution in [2.45, 2.75) is 26.8 Å². The Morgan fingerprint density at radius 3 is 2.50 bits per heavy atom. The maximum absolute atomic E-state index is 13.6. The molecule has 94 valence electrons. The fraction of sp³-hybridized carbons (Fsp3) is 0.250. The van der Waals surface area contributed by atoms with E-state index in [0.717, 1.165) is 12.0 Å². The van der Waals surface area contributed by atoms with E-state index >= 15 is 0 Å². The average molecular weight is 243 g/mol. The molecule has 0 bridgehead atoms. The fourth-order valence-corrected chi connectivity index (χ4v) is 2.04. The molecule has 2 heteroatoms. The van der Waals surface area contributed by atoms with E-state index in [1.807, 2.05) is 25.1 Å². The fourth-order valence-electron chi connectivity index (χ4n) is 2.04. The Balaban J connectivity index is 2.14. The molecule has 0 radical (unpaired) electrons. The van der Waals surface area contributed by atoms with Crippen molar-refractivity contribution in [3.05, 3.63) is 65.0 Å². The Morgan fingerprint density at radius 2 is 1.78 bits per heavy atom. The highest BCUT2D eigenvalue weighted by Crippen LogP contribution is 2.18. The van der Waals surface area contributed by atoms with Crippen molar-refractivity contribution in [2.75, 3.05) is 5.32 Å². The van der Waals surface area contributed by atoms with Crippen LogP contribution < -0.4 is 5.32 Å². The van der Waals surface area contributed by atoms with Crippen molar-refractivity contribution in [3.63, 3.8) is 0 Å². The summed E-state index contributed by atoms with van der Waals surface area (Å²) < 4.78 is 13.6. The summed E-state index contributed by atoms with van der Waals surface area (Å²) in [5.41, 5.74) is 4.16. The minimum atomic E-state index is -0.199.